The highest BCUT2D eigenvalue weighted by molar-refractivity contribution is 7.89. The summed E-state index contributed by atoms with van der Waals surface area (Å²) in [4.78, 5) is 16.2. The van der Waals surface area contributed by atoms with Crippen LogP contribution in [-0.4, -0.2) is 19.3 Å². The fourth-order valence-electron chi connectivity index (χ4n) is 1.78. The molecule has 1 amide bonds. The summed E-state index contributed by atoms with van der Waals surface area (Å²) in [6.45, 7) is 1.30. The van der Waals surface area contributed by atoms with E-state index in [4.69, 9.17) is 11.6 Å². The third-order valence-electron chi connectivity index (χ3n) is 2.96. The van der Waals surface area contributed by atoms with Gasteiger partial charge in [0.05, 0.1) is 15.5 Å². The number of amides is 1. The van der Waals surface area contributed by atoms with Crippen molar-refractivity contribution in [2.24, 2.45) is 0 Å². The topological polar surface area (TPSA) is 100 Å². The second kappa shape index (κ2) is 7.48. The fraction of sp³-hybridized carbons (Fsp3) is 0.143. The molecule has 26 heavy (non-hydrogen) atoms. The highest BCUT2D eigenvalue weighted by Gasteiger charge is 2.31. The SMILES string of the molecule is CC(=O)Nc1ccc(S(=O)(=O)NNc2ncc(C(F)(F)F)cc2Cl)cc1. The Balaban J connectivity index is 2.12. The zero-order chi connectivity index (χ0) is 19.5. The van der Waals surface area contributed by atoms with Crippen molar-refractivity contribution in [1.82, 2.24) is 9.82 Å². The molecule has 0 aliphatic carbocycles. The molecule has 1 aromatic carbocycles. The number of nitrogens with zero attached hydrogens (tertiary/aromatic N) is 1. The molecule has 2 aromatic rings. The molecule has 140 valence electrons. The first-order chi connectivity index (χ1) is 12.0. The minimum absolute atomic E-state index is 0.151. The van der Waals surface area contributed by atoms with Gasteiger partial charge in [0.1, 0.15) is 0 Å². The number of carbonyl (C=O) groups is 1. The average Bonchev–Trinajstić information content (AvgIpc) is 2.52. The molecule has 0 aliphatic heterocycles. The largest absolute Gasteiger partial charge is 0.417 e. The number of sulfonamides is 1. The van der Waals surface area contributed by atoms with Gasteiger partial charge < -0.3 is 5.32 Å². The summed E-state index contributed by atoms with van der Waals surface area (Å²) < 4.78 is 62.0. The predicted octanol–water partition coefficient (Wildman–Crippen LogP) is 3.02. The molecule has 0 saturated heterocycles. The smallest absolute Gasteiger partial charge is 0.326 e. The van der Waals surface area contributed by atoms with E-state index in [2.05, 4.69) is 15.7 Å². The van der Waals surface area contributed by atoms with Gasteiger partial charge in [-0.3, -0.25) is 10.2 Å². The maximum atomic E-state index is 12.6. The molecule has 0 aliphatic rings. The van der Waals surface area contributed by atoms with Crippen LogP contribution in [0, 0.1) is 0 Å². The Hall–Kier alpha value is -2.37. The lowest BCUT2D eigenvalue weighted by atomic mass is 10.3. The Morgan fingerprint density at radius 3 is 2.31 bits per heavy atom. The first-order valence-corrected chi connectivity index (χ1v) is 8.73. The fourth-order valence-corrected chi connectivity index (χ4v) is 2.84. The van der Waals surface area contributed by atoms with Gasteiger partial charge in [-0.1, -0.05) is 11.6 Å². The summed E-state index contributed by atoms with van der Waals surface area (Å²) >= 11 is 5.68. The standard InChI is InChI=1S/C14H12ClF3N4O3S/c1-8(23)20-10-2-4-11(5-3-10)26(24,25)22-21-13-12(15)6-9(7-19-13)14(16,17)18/h2-7,22H,1H3,(H,19,21)(H,20,23). The third-order valence-corrected chi connectivity index (χ3v) is 4.51. The van der Waals surface area contributed by atoms with E-state index < -0.39 is 26.8 Å². The number of hydrazine groups is 1. The number of aromatic nitrogens is 1. The van der Waals surface area contributed by atoms with E-state index in [1.165, 1.54) is 31.2 Å². The van der Waals surface area contributed by atoms with Gasteiger partial charge in [0.15, 0.2) is 5.82 Å². The molecule has 0 unspecified atom stereocenters. The molecule has 12 heteroatoms. The average molecular weight is 409 g/mol. The number of alkyl halides is 3. The van der Waals surface area contributed by atoms with E-state index in [9.17, 15) is 26.4 Å². The number of pyridine rings is 1. The summed E-state index contributed by atoms with van der Waals surface area (Å²) in [5, 5.41) is 2.06. The molecule has 0 fully saturated rings. The van der Waals surface area contributed by atoms with Crippen molar-refractivity contribution in [1.29, 1.82) is 0 Å². The number of carbonyl (C=O) groups excluding carboxylic acids is 1. The minimum atomic E-state index is -4.62. The number of anilines is 2. The summed E-state index contributed by atoms with van der Waals surface area (Å²) in [6, 6.07) is 5.83. The number of halogens is 4. The van der Waals surface area contributed by atoms with Gasteiger partial charge >= 0.3 is 6.18 Å². The Labute approximate surface area is 151 Å². The molecule has 2 rings (SSSR count). The normalized spacial score (nSPS) is 11.9. The second-order valence-corrected chi connectivity index (χ2v) is 7.08. The van der Waals surface area contributed by atoms with Gasteiger partial charge in [-0.2, -0.15) is 13.2 Å². The lowest BCUT2D eigenvalue weighted by Gasteiger charge is -2.12. The molecule has 3 N–H and O–H groups in total. The van der Waals surface area contributed by atoms with Crippen LogP contribution < -0.4 is 15.6 Å². The summed E-state index contributed by atoms with van der Waals surface area (Å²) in [5.74, 6) is -0.610. The van der Waals surface area contributed by atoms with Gasteiger partial charge in [-0.15, -0.1) is 4.83 Å². The highest BCUT2D eigenvalue weighted by atomic mass is 35.5. The van der Waals surface area contributed by atoms with Gasteiger partial charge in [0, 0.05) is 18.8 Å². The summed E-state index contributed by atoms with van der Waals surface area (Å²) in [6.07, 6.45) is -4.10. The van der Waals surface area contributed by atoms with E-state index in [0.29, 0.717) is 18.0 Å². The van der Waals surface area contributed by atoms with Crippen LogP contribution in [0.15, 0.2) is 41.4 Å². The zero-order valence-electron chi connectivity index (χ0n) is 13.1. The predicted molar refractivity (Wildman–Crippen MR) is 88.9 cm³/mol. The number of hydrogen-bond acceptors (Lipinski definition) is 5. The number of nitrogens with one attached hydrogen (secondary N) is 3. The summed E-state index contributed by atoms with van der Waals surface area (Å²) in [5.41, 5.74) is 1.49. The molecule has 0 saturated carbocycles. The monoisotopic (exact) mass is 408 g/mol. The van der Waals surface area contributed by atoms with Crippen molar-refractivity contribution >= 4 is 39.0 Å². The van der Waals surface area contributed by atoms with Crippen LogP contribution in [0.1, 0.15) is 12.5 Å². The Morgan fingerprint density at radius 1 is 1.19 bits per heavy atom. The maximum Gasteiger partial charge on any atom is 0.417 e. The molecule has 1 aromatic heterocycles. The van der Waals surface area contributed by atoms with Gasteiger partial charge in [0.2, 0.25) is 5.91 Å². The lowest BCUT2D eigenvalue weighted by Crippen LogP contribution is -2.30. The van der Waals surface area contributed by atoms with Crippen molar-refractivity contribution in [2.45, 2.75) is 18.0 Å². The lowest BCUT2D eigenvalue weighted by molar-refractivity contribution is -0.137. The van der Waals surface area contributed by atoms with E-state index in [-0.39, 0.29) is 16.6 Å². The second-order valence-electron chi connectivity index (χ2n) is 4.99. The van der Waals surface area contributed by atoms with Crippen LogP contribution in [-0.2, 0) is 21.0 Å². The van der Waals surface area contributed by atoms with E-state index >= 15 is 0 Å². The van der Waals surface area contributed by atoms with Gasteiger partial charge in [0.25, 0.3) is 10.0 Å². The van der Waals surface area contributed by atoms with E-state index in [1.807, 2.05) is 4.83 Å². The van der Waals surface area contributed by atoms with Crippen molar-refractivity contribution in [3.05, 3.63) is 47.1 Å². The first kappa shape index (κ1) is 19.9. The van der Waals surface area contributed by atoms with Crippen LogP contribution in [0.25, 0.3) is 0 Å². The number of hydrogen-bond donors (Lipinski definition) is 3. The Kier molecular flexibility index (Phi) is 5.74. The van der Waals surface area contributed by atoms with Gasteiger partial charge in [-0.05, 0) is 30.3 Å². The first-order valence-electron chi connectivity index (χ1n) is 6.87. The van der Waals surface area contributed by atoms with Crippen molar-refractivity contribution in [2.75, 3.05) is 10.7 Å². The van der Waals surface area contributed by atoms with Crippen LogP contribution in [0.3, 0.4) is 0 Å². The molecular formula is C14H12ClF3N4O3S. The van der Waals surface area contributed by atoms with Crippen molar-refractivity contribution in [3.8, 4) is 0 Å². The van der Waals surface area contributed by atoms with Crippen LogP contribution in [0.5, 0.6) is 0 Å². The molecular weight excluding hydrogens is 397 g/mol. The van der Waals surface area contributed by atoms with Crippen LogP contribution in [0.2, 0.25) is 5.02 Å². The number of benzene rings is 1. The highest BCUT2D eigenvalue weighted by Crippen LogP contribution is 2.32. The van der Waals surface area contributed by atoms with Crippen molar-refractivity contribution < 1.29 is 26.4 Å². The summed E-state index contributed by atoms with van der Waals surface area (Å²) in [7, 11) is -4.05. The molecule has 7 nitrogen and oxygen atoms in total. The Bertz CT molecular complexity index is 918. The quantitative estimate of drug-likeness (QED) is 0.660. The molecule has 0 spiro atoms. The van der Waals surface area contributed by atoms with Gasteiger partial charge in [-0.25, -0.2) is 13.4 Å². The van der Waals surface area contributed by atoms with E-state index in [0.717, 1.165) is 0 Å². The Morgan fingerprint density at radius 2 is 1.81 bits per heavy atom. The zero-order valence-corrected chi connectivity index (χ0v) is 14.6. The molecule has 0 atom stereocenters. The minimum Gasteiger partial charge on any atom is -0.326 e. The molecule has 0 radical (unpaired) electrons. The maximum absolute atomic E-state index is 12.6. The third kappa shape index (κ3) is 5.07. The number of rotatable bonds is 5. The molecule has 1 heterocycles. The van der Waals surface area contributed by atoms with Crippen molar-refractivity contribution in [3.63, 3.8) is 0 Å². The van der Waals surface area contributed by atoms with Crippen LogP contribution >= 0.6 is 11.6 Å². The molecule has 0 bridgehead atoms. The van der Waals surface area contributed by atoms with E-state index in [1.54, 1.807) is 0 Å². The van der Waals surface area contributed by atoms with Crippen LogP contribution in [0.4, 0.5) is 24.7 Å².